The molecule has 4 aromatic rings. The largest absolute Gasteiger partial charge is 0.321 e. The minimum absolute atomic E-state index is 0.0112. The highest BCUT2D eigenvalue weighted by molar-refractivity contribution is 5.92. The maximum absolute atomic E-state index is 13.6. The Hall–Kier alpha value is -3.61. The molecule has 0 aliphatic carbocycles. The number of carbonyl (C=O) groups is 1. The number of anilines is 1. The standard InChI is InChI=1S/C20H14F2N4O/c21-16-2-1-3-17(22)20(16)25-19(27)10-13-4-6-14(7-5-13)15-8-9-26-18(11-15)23-12-24-26/h1-9,11-12H,10H2,(H,25,27). The van der Waals surface area contributed by atoms with Crippen molar-refractivity contribution in [3.8, 4) is 11.1 Å². The average molecular weight is 364 g/mol. The van der Waals surface area contributed by atoms with E-state index in [1.54, 1.807) is 16.6 Å². The van der Waals surface area contributed by atoms with E-state index in [0.29, 0.717) is 0 Å². The summed E-state index contributed by atoms with van der Waals surface area (Å²) in [6, 6.07) is 14.7. The quantitative estimate of drug-likeness (QED) is 0.598. The minimum atomic E-state index is -0.803. The van der Waals surface area contributed by atoms with E-state index in [-0.39, 0.29) is 6.42 Å². The molecule has 0 aliphatic heterocycles. The van der Waals surface area contributed by atoms with Gasteiger partial charge in [-0.05, 0) is 41.0 Å². The summed E-state index contributed by atoms with van der Waals surface area (Å²) >= 11 is 0. The van der Waals surface area contributed by atoms with Crippen molar-refractivity contribution in [2.75, 3.05) is 5.32 Å². The second kappa shape index (κ2) is 6.95. The number of hydrogen-bond donors (Lipinski definition) is 1. The molecule has 134 valence electrons. The molecule has 0 bridgehead atoms. The Kier molecular flexibility index (Phi) is 4.33. The molecule has 0 fully saturated rings. The molecule has 1 amide bonds. The summed E-state index contributed by atoms with van der Waals surface area (Å²) in [6.07, 6.45) is 3.32. The molecule has 0 atom stereocenters. The van der Waals surface area contributed by atoms with Crippen molar-refractivity contribution in [2.45, 2.75) is 6.42 Å². The first-order valence-corrected chi connectivity index (χ1v) is 8.23. The van der Waals surface area contributed by atoms with E-state index in [0.717, 1.165) is 34.5 Å². The lowest BCUT2D eigenvalue weighted by molar-refractivity contribution is -0.115. The third kappa shape index (κ3) is 3.52. The molecule has 0 aliphatic rings. The summed E-state index contributed by atoms with van der Waals surface area (Å²) in [4.78, 5) is 16.2. The summed E-state index contributed by atoms with van der Waals surface area (Å²) in [6.45, 7) is 0. The van der Waals surface area contributed by atoms with Crippen molar-refractivity contribution in [1.82, 2.24) is 14.6 Å². The van der Waals surface area contributed by atoms with Crippen molar-refractivity contribution in [3.05, 3.63) is 84.3 Å². The number of pyridine rings is 1. The highest BCUT2D eigenvalue weighted by Gasteiger charge is 2.12. The van der Waals surface area contributed by atoms with Crippen LogP contribution in [0.4, 0.5) is 14.5 Å². The Bertz CT molecular complexity index is 1100. The predicted molar refractivity (Wildman–Crippen MR) is 97.1 cm³/mol. The van der Waals surface area contributed by atoms with E-state index in [1.165, 1.54) is 12.4 Å². The number of carbonyl (C=O) groups excluding carboxylic acids is 1. The van der Waals surface area contributed by atoms with E-state index < -0.39 is 23.2 Å². The van der Waals surface area contributed by atoms with Crippen LogP contribution in [0.3, 0.4) is 0 Å². The van der Waals surface area contributed by atoms with Gasteiger partial charge in [0.15, 0.2) is 5.65 Å². The fourth-order valence-corrected chi connectivity index (χ4v) is 2.80. The van der Waals surface area contributed by atoms with Crippen molar-refractivity contribution in [1.29, 1.82) is 0 Å². The summed E-state index contributed by atoms with van der Waals surface area (Å²) < 4.78 is 28.9. The first-order chi connectivity index (χ1) is 13.1. The van der Waals surface area contributed by atoms with Gasteiger partial charge < -0.3 is 5.32 Å². The number of aromatic nitrogens is 3. The molecular formula is C20H14F2N4O. The van der Waals surface area contributed by atoms with Crippen LogP contribution in [0, 0.1) is 11.6 Å². The molecule has 2 aromatic carbocycles. The third-order valence-electron chi connectivity index (χ3n) is 4.16. The first-order valence-electron chi connectivity index (χ1n) is 8.23. The highest BCUT2D eigenvalue weighted by atomic mass is 19.1. The number of hydrogen-bond acceptors (Lipinski definition) is 3. The van der Waals surface area contributed by atoms with Gasteiger partial charge in [0.05, 0.1) is 6.42 Å². The van der Waals surface area contributed by atoms with Crippen molar-refractivity contribution >= 4 is 17.2 Å². The second-order valence-electron chi connectivity index (χ2n) is 6.00. The molecule has 4 rings (SSSR count). The Labute approximate surface area is 153 Å². The monoisotopic (exact) mass is 364 g/mol. The van der Waals surface area contributed by atoms with Crippen LogP contribution < -0.4 is 5.32 Å². The number of fused-ring (bicyclic) bond motifs is 1. The zero-order valence-electron chi connectivity index (χ0n) is 14.1. The average Bonchev–Trinajstić information content (AvgIpc) is 3.13. The number of para-hydroxylation sites is 1. The van der Waals surface area contributed by atoms with Crippen LogP contribution in [-0.4, -0.2) is 20.5 Å². The van der Waals surface area contributed by atoms with Crippen LogP contribution in [0.5, 0.6) is 0 Å². The van der Waals surface area contributed by atoms with E-state index in [9.17, 15) is 13.6 Å². The Balaban J connectivity index is 1.48. The number of benzene rings is 2. The molecule has 2 aromatic heterocycles. The Morgan fingerprint density at radius 3 is 2.48 bits per heavy atom. The summed E-state index contributed by atoms with van der Waals surface area (Å²) in [5.41, 5.74) is 2.98. The van der Waals surface area contributed by atoms with Crippen LogP contribution in [0.1, 0.15) is 5.56 Å². The van der Waals surface area contributed by atoms with Gasteiger partial charge in [0, 0.05) is 6.20 Å². The zero-order chi connectivity index (χ0) is 18.8. The summed E-state index contributed by atoms with van der Waals surface area (Å²) in [7, 11) is 0. The maximum atomic E-state index is 13.6. The third-order valence-corrected chi connectivity index (χ3v) is 4.16. The topological polar surface area (TPSA) is 59.3 Å². The second-order valence-corrected chi connectivity index (χ2v) is 6.00. The molecule has 0 radical (unpaired) electrons. The van der Waals surface area contributed by atoms with Crippen molar-refractivity contribution in [3.63, 3.8) is 0 Å². The van der Waals surface area contributed by atoms with Crippen molar-refractivity contribution in [2.24, 2.45) is 0 Å². The SMILES string of the molecule is O=C(Cc1ccc(-c2ccn3ncnc3c2)cc1)Nc1c(F)cccc1F. The Morgan fingerprint density at radius 1 is 1.00 bits per heavy atom. The molecule has 0 spiro atoms. The lowest BCUT2D eigenvalue weighted by Gasteiger charge is -2.08. The van der Waals surface area contributed by atoms with Gasteiger partial charge in [0.1, 0.15) is 23.6 Å². The van der Waals surface area contributed by atoms with Crippen LogP contribution >= 0.6 is 0 Å². The molecule has 1 N–H and O–H groups in total. The minimum Gasteiger partial charge on any atom is -0.321 e. The number of nitrogens with one attached hydrogen (secondary N) is 1. The van der Waals surface area contributed by atoms with Gasteiger partial charge in [-0.2, -0.15) is 5.10 Å². The summed E-state index contributed by atoms with van der Waals surface area (Å²) in [5.74, 6) is -2.10. The number of nitrogens with zero attached hydrogens (tertiary/aromatic N) is 3. The molecule has 2 heterocycles. The maximum Gasteiger partial charge on any atom is 0.228 e. The van der Waals surface area contributed by atoms with Gasteiger partial charge >= 0.3 is 0 Å². The van der Waals surface area contributed by atoms with E-state index >= 15 is 0 Å². The molecule has 7 heteroatoms. The Morgan fingerprint density at radius 2 is 1.74 bits per heavy atom. The van der Waals surface area contributed by atoms with Crippen molar-refractivity contribution < 1.29 is 13.6 Å². The van der Waals surface area contributed by atoms with Gasteiger partial charge in [0.25, 0.3) is 0 Å². The molecule has 0 unspecified atom stereocenters. The lowest BCUT2D eigenvalue weighted by Crippen LogP contribution is -2.16. The van der Waals surface area contributed by atoms with Gasteiger partial charge in [-0.3, -0.25) is 4.79 Å². The van der Waals surface area contributed by atoms with Crippen LogP contribution in [0.15, 0.2) is 67.1 Å². The van der Waals surface area contributed by atoms with E-state index in [2.05, 4.69) is 15.4 Å². The van der Waals surface area contributed by atoms with Gasteiger partial charge in [0.2, 0.25) is 5.91 Å². The molecule has 0 saturated heterocycles. The molecule has 5 nitrogen and oxygen atoms in total. The normalized spacial score (nSPS) is 10.9. The van der Waals surface area contributed by atoms with Gasteiger partial charge in [-0.1, -0.05) is 30.3 Å². The number of amides is 1. The smallest absolute Gasteiger partial charge is 0.228 e. The zero-order valence-corrected chi connectivity index (χ0v) is 14.1. The van der Waals surface area contributed by atoms with E-state index in [4.69, 9.17) is 0 Å². The highest BCUT2D eigenvalue weighted by Crippen LogP contribution is 2.22. The molecular weight excluding hydrogens is 350 g/mol. The van der Waals surface area contributed by atoms with Crippen LogP contribution in [-0.2, 0) is 11.2 Å². The number of halogens is 2. The van der Waals surface area contributed by atoms with E-state index in [1.807, 2.05) is 30.5 Å². The van der Waals surface area contributed by atoms with Gasteiger partial charge in [-0.15, -0.1) is 0 Å². The molecule has 0 saturated carbocycles. The summed E-state index contributed by atoms with van der Waals surface area (Å²) in [5, 5.41) is 6.34. The lowest BCUT2D eigenvalue weighted by atomic mass is 10.0. The molecule has 27 heavy (non-hydrogen) atoms. The fraction of sp³-hybridized carbons (Fsp3) is 0.0500. The first kappa shape index (κ1) is 16.8. The predicted octanol–water partition coefficient (Wildman–Crippen LogP) is 3.86. The van der Waals surface area contributed by atoms with Crippen LogP contribution in [0.25, 0.3) is 16.8 Å². The van der Waals surface area contributed by atoms with Crippen LogP contribution in [0.2, 0.25) is 0 Å². The fourth-order valence-electron chi connectivity index (χ4n) is 2.80. The number of rotatable bonds is 4. The van der Waals surface area contributed by atoms with Gasteiger partial charge in [-0.25, -0.2) is 18.3 Å².